The van der Waals surface area contributed by atoms with Gasteiger partial charge in [-0.2, -0.15) is 0 Å². The Morgan fingerprint density at radius 3 is 1.62 bits per heavy atom. The van der Waals surface area contributed by atoms with E-state index in [1.807, 2.05) is 0 Å². The van der Waals surface area contributed by atoms with Gasteiger partial charge in [0.15, 0.2) is 0 Å². The molecule has 0 radical (unpaired) electrons. The molecule has 48 valence electrons. The second-order valence-corrected chi connectivity index (χ2v) is 1.90. The molecule has 0 saturated carbocycles. The molecule has 8 heavy (non-hydrogen) atoms. The van der Waals surface area contributed by atoms with Crippen LogP contribution in [0.2, 0.25) is 0 Å². The summed E-state index contributed by atoms with van der Waals surface area (Å²) < 4.78 is 0. The predicted molar refractivity (Wildman–Crippen MR) is 28.0 cm³/mol. The number of hydrazine groups is 1. The van der Waals surface area contributed by atoms with E-state index in [4.69, 9.17) is 10.2 Å². The maximum Gasteiger partial charge on any atom is 0.0950 e. The Morgan fingerprint density at radius 2 is 1.38 bits per heavy atom. The van der Waals surface area contributed by atoms with Gasteiger partial charge in [0, 0.05) is 13.1 Å². The molecule has 0 spiro atoms. The molecule has 1 aliphatic heterocycles. The molecule has 0 amide bonds. The van der Waals surface area contributed by atoms with Crippen molar-refractivity contribution in [1.29, 1.82) is 0 Å². The van der Waals surface area contributed by atoms with Gasteiger partial charge in [0.2, 0.25) is 0 Å². The number of rotatable bonds is 0. The summed E-state index contributed by atoms with van der Waals surface area (Å²) in [6, 6.07) is 0. The highest BCUT2D eigenvalue weighted by Crippen LogP contribution is 1.92. The van der Waals surface area contributed by atoms with Crippen molar-refractivity contribution in [2.45, 2.75) is 12.2 Å². The molecule has 2 atom stereocenters. The predicted octanol–water partition coefficient (Wildman–Crippen LogP) is -2.18. The van der Waals surface area contributed by atoms with Crippen LogP contribution < -0.4 is 10.9 Å². The van der Waals surface area contributed by atoms with Crippen molar-refractivity contribution in [1.82, 2.24) is 10.9 Å². The highest BCUT2D eigenvalue weighted by atomic mass is 16.3. The minimum Gasteiger partial charge on any atom is -0.389 e. The van der Waals surface area contributed by atoms with Crippen LogP contribution in [0.15, 0.2) is 0 Å². The molecule has 0 aliphatic carbocycles. The van der Waals surface area contributed by atoms with Crippen molar-refractivity contribution in [3.05, 3.63) is 0 Å². The van der Waals surface area contributed by atoms with E-state index in [1.165, 1.54) is 0 Å². The molecule has 0 aromatic heterocycles. The normalized spacial score (nSPS) is 39.8. The molecule has 4 heteroatoms. The van der Waals surface area contributed by atoms with Crippen LogP contribution in [0.5, 0.6) is 0 Å². The average molecular weight is 118 g/mol. The summed E-state index contributed by atoms with van der Waals surface area (Å²) in [4.78, 5) is 0. The highest BCUT2D eigenvalue weighted by Gasteiger charge is 2.18. The Bertz CT molecular complexity index is 68.4. The molecule has 0 aromatic carbocycles. The Morgan fingerprint density at radius 1 is 1.00 bits per heavy atom. The first-order chi connectivity index (χ1) is 3.80. The van der Waals surface area contributed by atoms with E-state index in [-0.39, 0.29) is 0 Å². The highest BCUT2D eigenvalue weighted by molar-refractivity contribution is 4.74. The molecular weight excluding hydrogens is 108 g/mol. The van der Waals surface area contributed by atoms with Crippen LogP contribution >= 0.6 is 0 Å². The fourth-order valence-electron chi connectivity index (χ4n) is 0.626. The van der Waals surface area contributed by atoms with E-state index in [2.05, 4.69) is 10.9 Å². The van der Waals surface area contributed by atoms with E-state index in [1.54, 1.807) is 0 Å². The van der Waals surface area contributed by atoms with Crippen LogP contribution in [0.4, 0.5) is 0 Å². The van der Waals surface area contributed by atoms with E-state index in [0.29, 0.717) is 13.1 Å². The standard InChI is InChI=1S/C4H10N2O2/c7-3-1-5-6-2-4(3)8/h3-8H,1-2H2/t3-,4-/m0/s1. The topological polar surface area (TPSA) is 64.5 Å². The summed E-state index contributed by atoms with van der Waals surface area (Å²) in [5.41, 5.74) is 5.41. The number of aliphatic hydroxyl groups excluding tert-OH is 2. The SMILES string of the molecule is O[C@H]1CNNC[C@@H]1O. The second-order valence-electron chi connectivity index (χ2n) is 1.90. The van der Waals surface area contributed by atoms with Crippen molar-refractivity contribution in [2.75, 3.05) is 13.1 Å². The molecule has 4 nitrogen and oxygen atoms in total. The minimum atomic E-state index is -0.615. The molecule has 1 fully saturated rings. The van der Waals surface area contributed by atoms with Crippen molar-refractivity contribution in [3.63, 3.8) is 0 Å². The zero-order valence-corrected chi connectivity index (χ0v) is 4.46. The van der Waals surface area contributed by atoms with Crippen molar-refractivity contribution in [3.8, 4) is 0 Å². The first-order valence-electron chi connectivity index (χ1n) is 2.62. The van der Waals surface area contributed by atoms with Gasteiger partial charge in [-0.15, -0.1) is 0 Å². The Hall–Kier alpha value is -0.160. The van der Waals surface area contributed by atoms with Gasteiger partial charge in [-0.25, -0.2) is 0 Å². The number of hydrogen-bond acceptors (Lipinski definition) is 4. The van der Waals surface area contributed by atoms with Gasteiger partial charge in [-0.3, -0.25) is 10.9 Å². The molecule has 1 saturated heterocycles. The zero-order chi connectivity index (χ0) is 5.98. The lowest BCUT2D eigenvalue weighted by Crippen LogP contribution is -2.54. The smallest absolute Gasteiger partial charge is 0.0950 e. The molecule has 4 N–H and O–H groups in total. The summed E-state index contributed by atoms with van der Waals surface area (Å²) in [5.74, 6) is 0. The van der Waals surface area contributed by atoms with E-state index in [9.17, 15) is 0 Å². The fraction of sp³-hybridized carbons (Fsp3) is 1.00. The number of β-amino-alcohol motifs (C(OH)–C–C–N with tert-alkyl or cyclic N) is 2. The summed E-state index contributed by atoms with van der Waals surface area (Å²) in [6.45, 7) is 0.836. The van der Waals surface area contributed by atoms with Crippen molar-refractivity contribution < 1.29 is 10.2 Å². The van der Waals surface area contributed by atoms with Gasteiger partial charge < -0.3 is 10.2 Å². The fourth-order valence-corrected chi connectivity index (χ4v) is 0.626. The van der Waals surface area contributed by atoms with Gasteiger partial charge in [-0.05, 0) is 0 Å². The van der Waals surface area contributed by atoms with Gasteiger partial charge in [0.25, 0.3) is 0 Å². The van der Waals surface area contributed by atoms with Crippen molar-refractivity contribution in [2.24, 2.45) is 0 Å². The van der Waals surface area contributed by atoms with Crippen LogP contribution in [0.25, 0.3) is 0 Å². The molecule has 0 bridgehead atoms. The Kier molecular flexibility index (Phi) is 1.80. The first kappa shape index (κ1) is 5.97. The Labute approximate surface area is 47.5 Å². The monoisotopic (exact) mass is 118 g/mol. The van der Waals surface area contributed by atoms with Crippen LogP contribution in [0, 0.1) is 0 Å². The summed E-state index contributed by atoms with van der Waals surface area (Å²) >= 11 is 0. The van der Waals surface area contributed by atoms with E-state index in [0.717, 1.165) is 0 Å². The third-order valence-corrected chi connectivity index (χ3v) is 1.19. The third kappa shape index (κ3) is 1.16. The zero-order valence-electron chi connectivity index (χ0n) is 4.46. The quantitative estimate of drug-likeness (QED) is 0.292. The summed E-state index contributed by atoms with van der Waals surface area (Å²) in [5, 5.41) is 17.7. The minimum absolute atomic E-state index is 0.418. The molecule has 1 rings (SSSR count). The third-order valence-electron chi connectivity index (χ3n) is 1.19. The summed E-state index contributed by atoms with van der Waals surface area (Å²) in [6.07, 6.45) is -1.23. The number of hydrogen-bond donors (Lipinski definition) is 4. The largest absolute Gasteiger partial charge is 0.389 e. The number of nitrogens with one attached hydrogen (secondary N) is 2. The maximum absolute atomic E-state index is 8.83. The lowest BCUT2D eigenvalue weighted by atomic mass is 10.2. The van der Waals surface area contributed by atoms with Gasteiger partial charge in [0.05, 0.1) is 12.2 Å². The lowest BCUT2D eigenvalue weighted by molar-refractivity contribution is -0.00233. The van der Waals surface area contributed by atoms with Gasteiger partial charge in [0.1, 0.15) is 0 Å². The molecule has 0 unspecified atom stereocenters. The second kappa shape index (κ2) is 2.41. The first-order valence-corrected chi connectivity index (χ1v) is 2.62. The summed E-state index contributed by atoms with van der Waals surface area (Å²) in [7, 11) is 0. The van der Waals surface area contributed by atoms with Gasteiger partial charge >= 0.3 is 0 Å². The van der Waals surface area contributed by atoms with E-state index < -0.39 is 12.2 Å². The molecule has 1 aliphatic rings. The van der Waals surface area contributed by atoms with Crippen molar-refractivity contribution >= 4 is 0 Å². The molecule has 0 aromatic rings. The van der Waals surface area contributed by atoms with Crippen LogP contribution in [-0.4, -0.2) is 35.5 Å². The van der Waals surface area contributed by atoms with E-state index >= 15 is 0 Å². The molecule has 1 heterocycles. The Balaban J connectivity index is 2.28. The lowest BCUT2D eigenvalue weighted by Gasteiger charge is -2.24. The van der Waals surface area contributed by atoms with Crippen LogP contribution in [0.3, 0.4) is 0 Å². The average Bonchev–Trinajstić information content (AvgIpc) is 1.77. The van der Waals surface area contributed by atoms with Crippen LogP contribution in [-0.2, 0) is 0 Å². The van der Waals surface area contributed by atoms with Gasteiger partial charge in [-0.1, -0.05) is 0 Å². The number of aliphatic hydroxyl groups is 2. The molecular formula is C4H10N2O2. The van der Waals surface area contributed by atoms with Crippen LogP contribution in [0.1, 0.15) is 0 Å². The maximum atomic E-state index is 8.83.